The third-order valence-electron chi connectivity index (χ3n) is 7.60. The van der Waals surface area contributed by atoms with Crippen molar-refractivity contribution in [3.63, 3.8) is 0 Å². The van der Waals surface area contributed by atoms with E-state index in [0.717, 1.165) is 38.0 Å². The van der Waals surface area contributed by atoms with Crippen molar-refractivity contribution in [2.75, 3.05) is 18.0 Å². The summed E-state index contributed by atoms with van der Waals surface area (Å²) in [4.78, 5) is 17.3. The number of hydrogen-bond acceptors (Lipinski definition) is 3. The second-order valence-corrected chi connectivity index (χ2v) is 9.01. The molecule has 3 aromatic carbocycles. The van der Waals surface area contributed by atoms with Crippen molar-refractivity contribution in [2.24, 2.45) is 0 Å². The molecule has 2 saturated heterocycles. The monoisotopic (exact) mass is 434 g/mol. The van der Waals surface area contributed by atoms with Crippen LogP contribution in [0.15, 0.2) is 66.7 Å². The van der Waals surface area contributed by atoms with Crippen molar-refractivity contribution >= 4 is 34.8 Å². The molecular formula is C26H27ClN2O2. The molecule has 31 heavy (non-hydrogen) atoms. The maximum Gasteiger partial charge on any atom is 0.230 e. The summed E-state index contributed by atoms with van der Waals surface area (Å²) in [6.45, 7) is 1.78. The van der Waals surface area contributed by atoms with Gasteiger partial charge in [0.25, 0.3) is 0 Å². The van der Waals surface area contributed by atoms with Crippen LogP contribution in [-0.4, -0.2) is 40.6 Å². The summed E-state index contributed by atoms with van der Waals surface area (Å²) in [7, 11) is 0. The average molecular weight is 435 g/mol. The molecule has 0 saturated carbocycles. The Labute approximate surface area is 188 Å². The topological polar surface area (TPSA) is 43.8 Å². The Hall–Kier alpha value is -2.40. The van der Waals surface area contributed by atoms with Crippen molar-refractivity contribution in [3.05, 3.63) is 77.9 Å². The van der Waals surface area contributed by atoms with E-state index in [1.165, 1.54) is 21.9 Å². The number of piperidine rings is 1. The molecule has 6 rings (SSSR count). The molecular weight excluding hydrogens is 408 g/mol. The van der Waals surface area contributed by atoms with Gasteiger partial charge in [-0.25, -0.2) is 0 Å². The van der Waals surface area contributed by atoms with E-state index < -0.39 is 11.6 Å². The average Bonchev–Trinajstić information content (AvgIpc) is 3.26. The molecule has 0 radical (unpaired) electrons. The number of likely N-dealkylation sites (tertiary alicyclic amines) is 1. The number of para-hydroxylation sites is 1. The number of aliphatic hydroxyl groups is 1. The zero-order valence-electron chi connectivity index (χ0n) is 17.4. The van der Waals surface area contributed by atoms with Crippen LogP contribution in [0.1, 0.15) is 36.4 Å². The van der Waals surface area contributed by atoms with E-state index >= 15 is 0 Å². The van der Waals surface area contributed by atoms with Crippen LogP contribution >= 0.6 is 12.4 Å². The highest BCUT2D eigenvalue weighted by molar-refractivity contribution is 5.98. The SMILES string of the molecule is Cl.O=C1CC(O)C2(CCN(C3Cc4cccc5cccc3c45)CC2)N1c1ccccc1. The first-order valence-electron chi connectivity index (χ1n) is 11.0. The second-order valence-electron chi connectivity index (χ2n) is 9.01. The summed E-state index contributed by atoms with van der Waals surface area (Å²) in [5.41, 5.74) is 3.30. The number of aliphatic hydroxyl groups excluding tert-OH is 1. The van der Waals surface area contributed by atoms with Crippen molar-refractivity contribution in [1.29, 1.82) is 0 Å². The summed E-state index contributed by atoms with van der Waals surface area (Å²) in [6.07, 6.45) is 2.28. The van der Waals surface area contributed by atoms with Gasteiger partial charge in [-0.2, -0.15) is 0 Å². The molecule has 2 heterocycles. The molecule has 5 heteroatoms. The van der Waals surface area contributed by atoms with Gasteiger partial charge in [0, 0.05) is 24.8 Å². The van der Waals surface area contributed by atoms with Gasteiger partial charge in [0.15, 0.2) is 0 Å². The fourth-order valence-electron chi connectivity index (χ4n) is 6.14. The first-order chi connectivity index (χ1) is 14.7. The molecule has 0 bridgehead atoms. The number of rotatable bonds is 2. The zero-order chi connectivity index (χ0) is 20.3. The Balaban J connectivity index is 0.00000204. The summed E-state index contributed by atoms with van der Waals surface area (Å²) in [5.74, 6) is 0.0418. The van der Waals surface area contributed by atoms with Crippen LogP contribution in [-0.2, 0) is 11.2 Å². The highest BCUT2D eigenvalue weighted by Crippen LogP contribution is 2.46. The summed E-state index contributed by atoms with van der Waals surface area (Å²) in [6, 6.07) is 23.5. The second kappa shape index (κ2) is 7.63. The number of anilines is 1. The lowest BCUT2D eigenvalue weighted by atomic mass is 9.81. The lowest BCUT2D eigenvalue weighted by Crippen LogP contribution is -2.58. The van der Waals surface area contributed by atoms with Crippen molar-refractivity contribution in [3.8, 4) is 0 Å². The number of amides is 1. The lowest BCUT2D eigenvalue weighted by molar-refractivity contribution is -0.117. The Morgan fingerprint density at radius 1 is 0.871 bits per heavy atom. The van der Waals surface area contributed by atoms with Gasteiger partial charge in [0.1, 0.15) is 0 Å². The fourth-order valence-corrected chi connectivity index (χ4v) is 6.14. The van der Waals surface area contributed by atoms with Crippen LogP contribution < -0.4 is 4.90 Å². The molecule has 2 unspecified atom stereocenters. The van der Waals surface area contributed by atoms with E-state index in [9.17, 15) is 9.90 Å². The lowest BCUT2D eigenvalue weighted by Gasteiger charge is -2.47. The molecule has 160 valence electrons. The smallest absolute Gasteiger partial charge is 0.230 e. The molecule has 2 fully saturated rings. The van der Waals surface area contributed by atoms with Crippen LogP contribution in [0.4, 0.5) is 5.69 Å². The minimum atomic E-state index is -0.600. The largest absolute Gasteiger partial charge is 0.390 e. The number of halogens is 1. The van der Waals surface area contributed by atoms with Crippen molar-refractivity contribution in [2.45, 2.75) is 43.4 Å². The Morgan fingerprint density at radius 2 is 1.58 bits per heavy atom. The number of carbonyl (C=O) groups is 1. The fraction of sp³-hybridized carbons (Fsp3) is 0.346. The van der Waals surface area contributed by atoms with Crippen LogP contribution in [0.3, 0.4) is 0 Å². The van der Waals surface area contributed by atoms with Crippen LogP contribution in [0.25, 0.3) is 10.8 Å². The predicted molar refractivity (Wildman–Crippen MR) is 126 cm³/mol. The van der Waals surface area contributed by atoms with Gasteiger partial charge >= 0.3 is 0 Å². The zero-order valence-corrected chi connectivity index (χ0v) is 18.2. The third-order valence-corrected chi connectivity index (χ3v) is 7.60. The molecule has 1 spiro atoms. The molecule has 2 atom stereocenters. The number of benzene rings is 3. The van der Waals surface area contributed by atoms with Crippen molar-refractivity contribution < 1.29 is 9.90 Å². The minimum Gasteiger partial charge on any atom is -0.390 e. The van der Waals surface area contributed by atoms with Crippen LogP contribution in [0.2, 0.25) is 0 Å². The van der Waals surface area contributed by atoms with E-state index in [1.807, 2.05) is 35.2 Å². The maximum absolute atomic E-state index is 12.8. The highest BCUT2D eigenvalue weighted by Gasteiger charge is 2.54. The van der Waals surface area contributed by atoms with Crippen molar-refractivity contribution in [1.82, 2.24) is 4.90 Å². The molecule has 4 nitrogen and oxygen atoms in total. The normalized spacial score (nSPS) is 24.7. The van der Waals surface area contributed by atoms with E-state index in [-0.39, 0.29) is 24.7 Å². The summed E-state index contributed by atoms with van der Waals surface area (Å²) in [5, 5.41) is 13.7. The highest BCUT2D eigenvalue weighted by atomic mass is 35.5. The quantitative estimate of drug-likeness (QED) is 0.646. The van der Waals surface area contributed by atoms with Crippen LogP contribution in [0.5, 0.6) is 0 Å². The van der Waals surface area contributed by atoms with Gasteiger partial charge in [-0.05, 0) is 53.3 Å². The molecule has 1 amide bonds. The summed E-state index contributed by atoms with van der Waals surface area (Å²) < 4.78 is 0. The molecule has 0 aromatic heterocycles. The third kappa shape index (κ3) is 3.00. The molecule has 3 aromatic rings. The standard InChI is InChI=1S/C26H26N2O2.ClH/c29-23-17-24(30)28(20-9-2-1-3-10-20)26(23)12-14-27(15-13-26)22-16-19-8-4-6-18-7-5-11-21(22)25(18)19;/h1-11,22-23,29H,12-17H2;1H. The van der Waals surface area contributed by atoms with E-state index in [1.54, 1.807) is 0 Å². The van der Waals surface area contributed by atoms with Gasteiger partial charge in [0.2, 0.25) is 5.91 Å². The first kappa shape index (κ1) is 20.5. The van der Waals surface area contributed by atoms with E-state index in [2.05, 4.69) is 41.3 Å². The number of hydrogen-bond donors (Lipinski definition) is 1. The van der Waals surface area contributed by atoms with Gasteiger partial charge < -0.3 is 10.0 Å². The molecule has 1 aliphatic carbocycles. The van der Waals surface area contributed by atoms with Crippen LogP contribution in [0, 0.1) is 0 Å². The van der Waals surface area contributed by atoms with E-state index in [4.69, 9.17) is 0 Å². The van der Waals surface area contributed by atoms with Gasteiger partial charge in [-0.1, -0.05) is 54.6 Å². The first-order valence-corrected chi connectivity index (χ1v) is 11.0. The van der Waals surface area contributed by atoms with Gasteiger partial charge in [-0.3, -0.25) is 9.69 Å². The van der Waals surface area contributed by atoms with Gasteiger partial charge in [-0.15, -0.1) is 12.4 Å². The number of carbonyl (C=O) groups excluding carboxylic acids is 1. The predicted octanol–water partition coefficient (Wildman–Crippen LogP) is 4.49. The molecule has 2 aliphatic heterocycles. The Bertz CT molecular complexity index is 1120. The van der Waals surface area contributed by atoms with E-state index in [0.29, 0.717) is 6.04 Å². The molecule has 3 aliphatic rings. The Morgan fingerprint density at radius 3 is 2.32 bits per heavy atom. The maximum atomic E-state index is 12.8. The summed E-state index contributed by atoms with van der Waals surface area (Å²) >= 11 is 0. The molecule has 1 N–H and O–H groups in total. The minimum absolute atomic E-state index is 0. The van der Waals surface area contributed by atoms with Gasteiger partial charge in [0.05, 0.1) is 18.1 Å². The number of nitrogens with zero attached hydrogens (tertiary/aromatic N) is 2. The Kier molecular flexibility index (Phi) is 5.04.